The first-order valence-electron chi connectivity index (χ1n) is 8.03. The van der Waals surface area contributed by atoms with Crippen molar-refractivity contribution in [2.24, 2.45) is 11.3 Å². The maximum atomic E-state index is 10.8. The third-order valence-electron chi connectivity index (χ3n) is 4.32. The van der Waals surface area contributed by atoms with Crippen LogP contribution in [0.3, 0.4) is 0 Å². The van der Waals surface area contributed by atoms with E-state index in [1.54, 1.807) is 0 Å². The van der Waals surface area contributed by atoms with Crippen LogP contribution in [0, 0.1) is 11.3 Å². The number of hydrogen-bond acceptors (Lipinski definition) is 3. The molecule has 2 unspecified atom stereocenters. The van der Waals surface area contributed by atoms with Gasteiger partial charge < -0.3 is 10.4 Å². The molecule has 2 rings (SSSR count). The Bertz CT molecular complexity index is 334. The van der Waals surface area contributed by atoms with Gasteiger partial charge in [0.2, 0.25) is 0 Å². The van der Waals surface area contributed by atoms with E-state index in [4.69, 9.17) is 5.11 Å². The molecule has 2 aliphatic rings. The van der Waals surface area contributed by atoms with E-state index in [9.17, 15) is 4.79 Å². The van der Waals surface area contributed by atoms with E-state index in [1.807, 2.05) is 0 Å². The van der Waals surface area contributed by atoms with Crippen molar-refractivity contribution in [3.63, 3.8) is 0 Å². The van der Waals surface area contributed by atoms with Gasteiger partial charge in [0, 0.05) is 38.1 Å². The number of nitrogens with zero attached hydrogens (tertiary/aromatic N) is 1. The van der Waals surface area contributed by atoms with Gasteiger partial charge in [-0.1, -0.05) is 20.8 Å². The van der Waals surface area contributed by atoms with E-state index in [0.717, 1.165) is 38.5 Å². The van der Waals surface area contributed by atoms with Gasteiger partial charge >= 0.3 is 5.97 Å². The molecule has 0 amide bonds. The van der Waals surface area contributed by atoms with Gasteiger partial charge in [-0.05, 0) is 37.0 Å². The molecule has 2 N–H and O–H groups in total. The number of aliphatic carboxylic acids is 1. The van der Waals surface area contributed by atoms with Crippen LogP contribution in [0.2, 0.25) is 0 Å². The minimum atomic E-state index is -0.659. The molecule has 0 aromatic rings. The number of piperidine rings is 1. The highest BCUT2D eigenvalue weighted by molar-refractivity contribution is 5.66. The highest BCUT2D eigenvalue weighted by atomic mass is 16.4. The second kappa shape index (κ2) is 6.44. The second-order valence-corrected chi connectivity index (χ2v) is 7.86. The molecule has 0 radical (unpaired) electrons. The fraction of sp³-hybridized carbons (Fsp3) is 0.938. The fourth-order valence-corrected chi connectivity index (χ4v) is 3.11. The average molecular weight is 282 g/mol. The molecule has 0 bridgehead atoms. The quantitative estimate of drug-likeness (QED) is 0.785. The molecule has 1 saturated carbocycles. The van der Waals surface area contributed by atoms with Crippen LogP contribution in [0.25, 0.3) is 0 Å². The molecular weight excluding hydrogens is 252 g/mol. The van der Waals surface area contributed by atoms with Crippen LogP contribution >= 0.6 is 0 Å². The van der Waals surface area contributed by atoms with Gasteiger partial charge in [-0.3, -0.25) is 9.69 Å². The molecule has 2 fully saturated rings. The van der Waals surface area contributed by atoms with Gasteiger partial charge in [-0.2, -0.15) is 0 Å². The lowest BCUT2D eigenvalue weighted by Gasteiger charge is -2.39. The van der Waals surface area contributed by atoms with Crippen LogP contribution in [-0.4, -0.2) is 47.7 Å². The van der Waals surface area contributed by atoms with E-state index in [-0.39, 0.29) is 0 Å². The normalized spacial score (nSPS) is 28.6. The van der Waals surface area contributed by atoms with E-state index in [1.165, 1.54) is 12.8 Å². The van der Waals surface area contributed by atoms with Crippen LogP contribution in [-0.2, 0) is 4.79 Å². The number of carbonyl (C=O) groups is 1. The Kier molecular flexibility index (Phi) is 5.08. The summed E-state index contributed by atoms with van der Waals surface area (Å²) in [5.74, 6) is -0.120. The summed E-state index contributed by atoms with van der Waals surface area (Å²) >= 11 is 0. The lowest BCUT2D eigenvalue weighted by atomic mass is 9.89. The summed E-state index contributed by atoms with van der Waals surface area (Å²) < 4.78 is 0. The maximum Gasteiger partial charge on any atom is 0.303 e. The number of likely N-dealkylation sites (tertiary alicyclic amines) is 1. The van der Waals surface area contributed by atoms with Gasteiger partial charge in [0.25, 0.3) is 0 Å². The van der Waals surface area contributed by atoms with Crippen LogP contribution < -0.4 is 5.32 Å². The summed E-state index contributed by atoms with van der Waals surface area (Å²) in [6.07, 6.45) is 4.93. The van der Waals surface area contributed by atoms with Gasteiger partial charge in [-0.15, -0.1) is 0 Å². The average Bonchev–Trinajstić information content (AvgIpc) is 3.17. The third kappa shape index (κ3) is 5.41. The smallest absolute Gasteiger partial charge is 0.303 e. The Morgan fingerprint density at radius 3 is 2.55 bits per heavy atom. The van der Waals surface area contributed by atoms with Crippen LogP contribution in [0.5, 0.6) is 0 Å². The highest BCUT2D eigenvalue weighted by Crippen LogP contribution is 2.32. The largest absolute Gasteiger partial charge is 0.481 e. The zero-order chi connectivity index (χ0) is 14.8. The van der Waals surface area contributed by atoms with Crippen molar-refractivity contribution in [3.05, 3.63) is 0 Å². The molecule has 4 heteroatoms. The standard InChI is InChI=1S/C16H30N2O2/c1-16(2,3)11-17-13-8-12(4-7-15(19)20)9-18(10-13)14-5-6-14/h12-14,17H,4-11H2,1-3H3,(H,19,20). The molecule has 1 aliphatic heterocycles. The predicted molar refractivity (Wildman–Crippen MR) is 80.8 cm³/mol. The molecule has 116 valence electrons. The van der Waals surface area contributed by atoms with Crippen LogP contribution in [0.1, 0.15) is 52.9 Å². The van der Waals surface area contributed by atoms with Gasteiger partial charge in [0.15, 0.2) is 0 Å². The van der Waals surface area contributed by atoms with Gasteiger partial charge in [0.1, 0.15) is 0 Å². The van der Waals surface area contributed by atoms with E-state index >= 15 is 0 Å². The SMILES string of the molecule is CC(C)(C)CNC1CC(CCC(=O)O)CN(C2CC2)C1. The Hall–Kier alpha value is -0.610. The van der Waals surface area contributed by atoms with Crippen molar-refractivity contribution < 1.29 is 9.90 Å². The van der Waals surface area contributed by atoms with Crippen LogP contribution in [0.4, 0.5) is 0 Å². The molecule has 1 aliphatic carbocycles. The summed E-state index contributed by atoms with van der Waals surface area (Å²) in [5, 5.41) is 12.6. The molecule has 20 heavy (non-hydrogen) atoms. The Labute approximate surface area is 122 Å². The molecule has 1 heterocycles. The first kappa shape index (κ1) is 15.8. The van der Waals surface area contributed by atoms with E-state index in [2.05, 4.69) is 31.0 Å². The summed E-state index contributed by atoms with van der Waals surface area (Å²) in [6, 6.07) is 1.31. The number of carboxylic acids is 1. The monoisotopic (exact) mass is 282 g/mol. The molecule has 4 nitrogen and oxygen atoms in total. The fourth-order valence-electron chi connectivity index (χ4n) is 3.11. The zero-order valence-electron chi connectivity index (χ0n) is 13.2. The zero-order valence-corrected chi connectivity index (χ0v) is 13.2. The Morgan fingerprint density at radius 1 is 1.30 bits per heavy atom. The lowest BCUT2D eigenvalue weighted by molar-refractivity contribution is -0.137. The molecule has 0 aromatic carbocycles. The summed E-state index contributed by atoms with van der Waals surface area (Å²) in [5.41, 5.74) is 0.304. The van der Waals surface area contributed by atoms with Crippen LogP contribution in [0.15, 0.2) is 0 Å². The molecule has 2 atom stereocenters. The third-order valence-corrected chi connectivity index (χ3v) is 4.32. The van der Waals surface area contributed by atoms with Crippen molar-refractivity contribution in [1.29, 1.82) is 0 Å². The van der Waals surface area contributed by atoms with E-state index in [0.29, 0.717) is 23.8 Å². The maximum absolute atomic E-state index is 10.8. The van der Waals surface area contributed by atoms with Crippen molar-refractivity contribution in [2.45, 2.75) is 65.0 Å². The second-order valence-electron chi connectivity index (χ2n) is 7.86. The van der Waals surface area contributed by atoms with Gasteiger partial charge in [-0.25, -0.2) is 0 Å². The van der Waals surface area contributed by atoms with E-state index < -0.39 is 5.97 Å². The highest BCUT2D eigenvalue weighted by Gasteiger charge is 2.36. The lowest BCUT2D eigenvalue weighted by Crippen LogP contribution is -2.51. The first-order valence-corrected chi connectivity index (χ1v) is 8.03. The van der Waals surface area contributed by atoms with Crippen molar-refractivity contribution in [2.75, 3.05) is 19.6 Å². The Morgan fingerprint density at radius 2 is 2.00 bits per heavy atom. The first-order chi connectivity index (χ1) is 9.33. The molecule has 1 saturated heterocycles. The number of nitrogens with one attached hydrogen (secondary N) is 1. The molecule has 0 aromatic heterocycles. The molecular formula is C16H30N2O2. The predicted octanol–water partition coefficient (Wildman–Crippen LogP) is 2.34. The summed E-state index contributed by atoms with van der Waals surface area (Å²) in [6.45, 7) is 10.0. The van der Waals surface area contributed by atoms with Gasteiger partial charge in [0.05, 0.1) is 0 Å². The van der Waals surface area contributed by atoms with Crippen molar-refractivity contribution in [3.8, 4) is 0 Å². The van der Waals surface area contributed by atoms with Crippen molar-refractivity contribution in [1.82, 2.24) is 10.2 Å². The topological polar surface area (TPSA) is 52.6 Å². The molecule has 0 spiro atoms. The van der Waals surface area contributed by atoms with Crippen molar-refractivity contribution >= 4 is 5.97 Å². The number of hydrogen-bond donors (Lipinski definition) is 2. The minimum absolute atomic E-state index is 0.304. The summed E-state index contributed by atoms with van der Waals surface area (Å²) in [4.78, 5) is 13.4. The number of carboxylic acid groups (broad SMARTS) is 1. The minimum Gasteiger partial charge on any atom is -0.481 e. The number of rotatable bonds is 6. The summed E-state index contributed by atoms with van der Waals surface area (Å²) in [7, 11) is 0. The Balaban J connectivity index is 1.85.